The Hall–Kier alpha value is -2.92. The van der Waals surface area contributed by atoms with Crippen LogP contribution >= 0.6 is 11.3 Å². The average Bonchev–Trinajstić information content (AvgIpc) is 3.31. The van der Waals surface area contributed by atoms with Crippen LogP contribution in [0.2, 0.25) is 0 Å². The van der Waals surface area contributed by atoms with Crippen molar-refractivity contribution in [3.05, 3.63) is 94.1 Å². The minimum absolute atomic E-state index is 0.0718. The van der Waals surface area contributed by atoms with Crippen molar-refractivity contribution >= 4 is 28.1 Å². The molecular formula is C21H17FN2OS. The first-order valence-electron chi connectivity index (χ1n) is 8.34. The molecule has 4 rings (SSSR count). The smallest absolute Gasteiger partial charge is 0.225 e. The summed E-state index contributed by atoms with van der Waals surface area (Å²) in [6.45, 7) is 0. The number of carbonyl (C=O) groups excluding carboxylic acids is 1. The number of para-hydroxylation sites is 1. The van der Waals surface area contributed by atoms with Gasteiger partial charge < -0.3 is 10.3 Å². The Labute approximate surface area is 154 Å². The van der Waals surface area contributed by atoms with Gasteiger partial charge >= 0.3 is 0 Å². The van der Waals surface area contributed by atoms with Gasteiger partial charge in [0, 0.05) is 22.0 Å². The molecule has 0 unspecified atom stereocenters. The summed E-state index contributed by atoms with van der Waals surface area (Å²) in [5.41, 5.74) is 2.84. The van der Waals surface area contributed by atoms with E-state index in [1.165, 1.54) is 12.1 Å². The van der Waals surface area contributed by atoms with Gasteiger partial charge in [-0.3, -0.25) is 4.79 Å². The van der Waals surface area contributed by atoms with Crippen molar-refractivity contribution < 1.29 is 9.18 Å². The summed E-state index contributed by atoms with van der Waals surface area (Å²) in [5, 5.41) is 6.12. The minimum Gasteiger partial charge on any atom is -0.361 e. The molecule has 0 saturated carbocycles. The second-order valence-electron chi connectivity index (χ2n) is 6.10. The Morgan fingerprint density at radius 3 is 2.65 bits per heavy atom. The number of fused-ring (bicyclic) bond motifs is 1. The monoisotopic (exact) mass is 364 g/mol. The van der Waals surface area contributed by atoms with E-state index < -0.39 is 0 Å². The van der Waals surface area contributed by atoms with Crippen LogP contribution in [0.15, 0.2) is 72.2 Å². The zero-order chi connectivity index (χ0) is 17.9. The summed E-state index contributed by atoms with van der Waals surface area (Å²) in [5.74, 6) is -0.360. The van der Waals surface area contributed by atoms with Crippen LogP contribution in [0.1, 0.15) is 22.0 Å². The molecule has 3 nitrogen and oxygen atoms in total. The van der Waals surface area contributed by atoms with Crippen LogP contribution < -0.4 is 5.32 Å². The summed E-state index contributed by atoms with van der Waals surface area (Å²) in [6.07, 6.45) is 2.16. The van der Waals surface area contributed by atoms with Gasteiger partial charge in [-0.1, -0.05) is 36.4 Å². The number of hydrogen-bond acceptors (Lipinski definition) is 2. The van der Waals surface area contributed by atoms with Gasteiger partial charge in [-0.05, 0) is 40.8 Å². The summed E-state index contributed by atoms with van der Waals surface area (Å²) in [6, 6.07) is 17.8. The van der Waals surface area contributed by atoms with Gasteiger partial charge in [0.1, 0.15) is 5.82 Å². The van der Waals surface area contributed by atoms with Crippen molar-refractivity contribution in [3.63, 3.8) is 0 Å². The summed E-state index contributed by atoms with van der Waals surface area (Å²) in [7, 11) is 0. The zero-order valence-corrected chi connectivity index (χ0v) is 14.7. The van der Waals surface area contributed by atoms with Crippen LogP contribution in [0, 0.1) is 5.82 Å². The van der Waals surface area contributed by atoms with E-state index in [0.29, 0.717) is 0 Å². The minimum atomic E-state index is -0.288. The van der Waals surface area contributed by atoms with E-state index in [1.54, 1.807) is 23.5 Å². The highest BCUT2D eigenvalue weighted by Gasteiger charge is 2.19. The average molecular weight is 364 g/mol. The van der Waals surface area contributed by atoms with Crippen LogP contribution in [0.3, 0.4) is 0 Å². The number of nitrogens with one attached hydrogen (secondary N) is 2. The van der Waals surface area contributed by atoms with Crippen LogP contribution in [0.5, 0.6) is 0 Å². The number of hydrogen-bond donors (Lipinski definition) is 2. The van der Waals surface area contributed by atoms with E-state index >= 15 is 0 Å². The van der Waals surface area contributed by atoms with E-state index in [0.717, 1.165) is 26.9 Å². The quantitative estimate of drug-likeness (QED) is 0.524. The van der Waals surface area contributed by atoms with Crippen LogP contribution in [0.4, 0.5) is 4.39 Å². The number of rotatable bonds is 5. The van der Waals surface area contributed by atoms with Crippen LogP contribution in [-0.2, 0) is 11.2 Å². The van der Waals surface area contributed by atoms with Crippen molar-refractivity contribution in [2.45, 2.75) is 12.5 Å². The standard InChI is InChI=1S/C21H17FN2OS/c22-16-9-7-14(8-10-16)21(19-6-3-11-26-19)24-20(25)12-15-13-23-18-5-2-1-4-17(15)18/h1-11,13,21,23H,12H2,(H,24,25)/t21-/m0/s1. The number of aromatic nitrogens is 1. The molecule has 0 radical (unpaired) electrons. The molecule has 0 aliphatic rings. The number of thiophene rings is 1. The predicted molar refractivity (Wildman–Crippen MR) is 103 cm³/mol. The molecule has 2 heterocycles. The van der Waals surface area contributed by atoms with E-state index in [1.807, 2.05) is 48.0 Å². The number of aromatic amines is 1. The zero-order valence-electron chi connectivity index (χ0n) is 13.9. The highest BCUT2D eigenvalue weighted by molar-refractivity contribution is 7.10. The Kier molecular flexibility index (Phi) is 4.54. The third-order valence-electron chi connectivity index (χ3n) is 4.36. The molecule has 2 N–H and O–H groups in total. The maximum absolute atomic E-state index is 13.3. The maximum Gasteiger partial charge on any atom is 0.225 e. The predicted octanol–water partition coefficient (Wildman–Crippen LogP) is 4.82. The number of carbonyl (C=O) groups is 1. The molecule has 1 amide bonds. The molecular weight excluding hydrogens is 347 g/mol. The van der Waals surface area contributed by atoms with Gasteiger partial charge in [0.2, 0.25) is 5.91 Å². The molecule has 0 fully saturated rings. The first kappa shape index (κ1) is 16.5. The lowest BCUT2D eigenvalue weighted by atomic mass is 10.0. The second-order valence-corrected chi connectivity index (χ2v) is 7.08. The van der Waals surface area contributed by atoms with Crippen molar-refractivity contribution in [2.24, 2.45) is 0 Å². The van der Waals surface area contributed by atoms with Gasteiger partial charge in [-0.25, -0.2) is 4.39 Å². The SMILES string of the molecule is O=C(Cc1c[nH]c2ccccc12)N[C@@H](c1ccc(F)cc1)c1cccs1. The molecule has 0 bridgehead atoms. The van der Waals surface area contributed by atoms with Gasteiger partial charge in [0.25, 0.3) is 0 Å². The lowest BCUT2D eigenvalue weighted by molar-refractivity contribution is -0.120. The number of benzene rings is 2. The highest BCUT2D eigenvalue weighted by atomic mass is 32.1. The van der Waals surface area contributed by atoms with E-state index in [2.05, 4.69) is 10.3 Å². The molecule has 0 saturated heterocycles. The lowest BCUT2D eigenvalue weighted by Crippen LogP contribution is -2.30. The lowest BCUT2D eigenvalue weighted by Gasteiger charge is -2.18. The largest absolute Gasteiger partial charge is 0.361 e. The molecule has 1 atom stereocenters. The molecule has 5 heteroatoms. The number of halogens is 1. The Bertz CT molecular complexity index is 1020. The van der Waals surface area contributed by atoms with Crippen molar-refractivity contribution in [1.82, 2.24) is 10.3 Å². The second kappa shape index (κ2) is 7.14. The summed E-state index contributed by atoms with van der Waals surface area (Å²) < 4.78 is 13.3. The first-order chi connectivity index (χ1) is 12.7. The molecule has 2 aromatic heterocycles. The summed E-state index contributed by atoms with van der Waals surface area (Å²) >= 11 is 1.57. The van der Waals surface area contributed by atoms with Gasteiger partial charge in [0.05, 0.1) is 12.5 Å². The Balaban J connectivity index is 1.57. The Morgan fingerprint density at radius 1 is 1.08 bits per heavy atom. The molecule has 2 aromatic carbocycles. The number of H-pyrrole nitrogens is 1. The van der Waals surface area contributed by atoms with Crippen molar-refractivity contribution in [3.8, 4) is 0 Å². The van der Waals surface area contributed by atoms with E-state index in [9.17, 15) is 9.18 Å². The topological polar surface area (TPSA) is 44.9 Å². The molecule has 130 valence electrons. The molecule has 26 heavy (non-hydrogen) atoms. The van der Waals surface area contributed by atoms with Crippen molar-refractivity contribution in [2.75, 3.05) is 0 Å². The molecule has 4 aromatic rings. The summed E-state index contributed by atoms with van der Waals surface area (Å²) in [4.78, 5) is 16.9. The van der Waals surface area contributed by atoms with Crippen LogP contribution in [-0.4, -0.2) is 10.9 Å². The normalized spacial score (nSPS) is 12.2. The fraction of sp³-hybridized carbons (Fsp3) is 0.0952. The van der Waals surface area contributed by atoms with Crippen LogP contribution in [0.25, 0.3) is 10.9 Å². The van der Waals surface area contributed by atoms with E-state index in [4.69, 9.17) is 0 Å². The van der Waals surface area contributed by atoms with Crippen molar-refractivity contribution in [1.29, 1.82) is 0 Å². The van der Waals surface area contributed by atoms with E-state index in [-0.39, 0.29) is 24.2 Å². The third-order valence-corrected chi connectivity index (χ3v) is 5.30. The molecule has 0 aliphatic heterocycles. The molecule has 0 spiro atoms. The fourth-order valence-corrected chi connectivity index (χ4v) is 3.89. The van der Waals surface area contributed by atoms with Gasteiger partial charge in [-0.15, -0.1) is 11.3 Å². The van der Waals surface area contributed by atoms with Gasteiger partial charge in [-0.2, -0.15) is 0 Å². The fourth-order valence-electron chi connectivity index (χ4n) is 3.09. The maximum atomic E-state index is 13.3. The van der Waals surface area contributed by atoms with Gasteiger partial charge in [0.15, 0.2) is 0 Å². The number of amides is 1. The third kappa shape index (κ3) is 3.39. The molecule has 0 aliphatic carbocycles. The Morgan fingerprint density at radius 2 is 1.88 bits per heavy atom. The highest BCUT2D eigenvalue weighted by Crippen LogP contribution is 2.27. The first-order valence-corrected chi connectivity index (χ1v) is 9.22.